The fourth-order valence-corrected chi connectivity index (χ4v) is 3.80. The van der Waals surface area contributed by atoms with Gasteiger partial charge < -0.3 is 9.64 Å². The molecule has 1 amide bonds. The van der Waals surface area contributed by atoms with Crippen molar-refractivity contribution in [3.63, 3.8) is 0 Å². The molecule has 28 heavy (non-hydrogen) atoms. The molecule has 152 valence electrons. The quantitative estimate of drug-likeness (QED) is 0.555. The second-order valence-electron chi connectivity index (χ2n) is 6.52. The number of hydrogen-bond donors (Lipinski definition) is 0. The predicted octanol–water partition coefficient (Wildman–Crippen LogP) is 3.45. The summed E-state index contributed by atoms with van der Waals surface area (Å²) in [5.74, 6) is 0.613. The molecule has 0 unspecified atom stereocenters. The molecule has 7 nitrogen and oxygen atoms in total. The van der Waals surface area contributed by atoms with Gasteiger partial charge in [0.05, 0.1) is 11.3 Å². The Labute approximate surface area is 175 Å². The molecule has 1 aromatic carbocycles. The molecule has 0 N–H and O–H groups in total. The van der Waals surface area contributed by atoms with Crippen molar-refractivity contribution in [3.8, 4) is 5.75 Å². The molecule has 0 bridgehead atoms. The first-order chi connectivity index (χ1) is 13.0. The molecule has 0 radical (unpaired) electrons. The second kappa shape index (κ2) is 9.86. The fraction of sp³-hybridized carbons (Fsp3) is 0.421. The zero-order valence-corrected chi connectivity index (χ0v) is 18.2. The van der Waals surface area contributed by atoms with Gasteiger partial charge in [-0.25, -0.2) is 4.98 Å². The summed E-state index contributed by atoms with van der Waals surface area (Å²) in [4.78, 5) is 21.7. The summed E-state index contributed by atoms with van der Waals surface area (Å²) in [7, 11) is 5.85. The van der Waals surface area contributed by atoms with Gasteiger partial charge in [-0.2, -0.15) is 5.10 Å². The minimum absolute atomic E-state index is 0. The number of carbonyl (C=O) groups excluding carboxylic acids is 1. The molecule has 2 heterocycles. The van der Waals surface area contributed by atoms with E-state index in [1.54, 1.807) is 28.9 Å². The number of hydrogen-bond acceptors (Lipinski definition) is 6. The third kappa shape index (κ3) is 5.01. The maximum absolute atomic E-state index is 13.1. The molecule has 0 saturated carbocycles. The van der Waals surface area contributed by atoms with E-state index in [-0.39, 0.29) is 18.3 Å². The summed E-state index contributed by atoms with van der Waals surface area (Å²) < 4.78 is 8.33. The van der Waals surface area contributed by atoms with Crippen LogP contribution < -0.4 is 9.64 Å². The van der Waals surface area contributed by atoms with Crippen LogP contribution in [-0.2, 0) is 7.05 Å². The second-order valence-corrected chi connectivity index (χ2v) is 7.53. The van der Waals surface area contributed by atoms with Crippen molar-refractivity contribution >= 4 is 45.0 Å². The van der Waals surface area contributed by atoms with E-state index in [2.05, 4.69) is 10.00 Å². The van der Waals surface area contributed by atoms with E-state index in [1.807, 2.05) is 39.2 Å². The number of aromatic nitrogens is 3. The molecule has 0 aliphatic carbocycles. The predicted molar refractivity (Wildman–Crippen MR) is 116 cm³/mol. The van der Waals surface area contributed by atoms with Crippen LogP contribution in [0, 0.1) is 0 Å². The van der Waals surface area contributed by atoms with Gasteiger partial charge >= 0.3 is 0 Å². The van der Waals surface area contributed by atoms with E-state index in [9.17, 15) is 4.79 Å². The highest BCUT2D eigenvalue weighted by molar-refractivity contribution is 7.22. The highest BCUT2D eigenvalue weighted by Gasteiger charge is 2.23. The molecular formula is C19H26ClN5O2S. The number of ether oxygens (including phenoxy) is 1. The molecule has 0 aliphatic rings. The number of anilines is 1. The first-order valence-corrected chi connectivity index (χ1v) is 9.80. The smallest absolute Gasteiger partial charge is 0.280 e. The molecule has 0 fully saturated rings. The van der Waals surface area contributed by atoms with Crippen molar-refractivity contribution < 1.29 is 9.53 Å². The summed E-state index contributed by atoms with van der Waals surface area (Å²) >= 11 is 1.50. The van der Waals surface area contributed by atoms with Gasteiger partial charge in [0.15, 0.2) is 10.8 Å². The Balaban J connectivity index is 0.00000280. The first kappa shape index (κ1) is 22.1. The molecule has 0 atom stereocenters. The van der Waals surface area contributed by atoms with Crippen LogP contribution in [0.4, 0.5) is 5.13 Å². The van der Waals surface area contributed by atoms with Gasteiger partial charge in [-0.15, -0.1) is 12.4 Å². The van der Waals surface area contributed by atoms with Crippen LogP contribution in [0.3, 0.4) is 0 Å². The number of nitrogens with zero attached hydrogens (tertiary/aromatic N) is 5. The van der Waals surface area contributed by atoms with Gasteiger partial charge in [-0.1, -0.05) is 17.4 Å². The van der Waals surface area contributed by atoms with Crippen molar-refractivity contribution in [2.75, 3.05) is 38.7 Å². The van der Waals surface area contributed by atoms with Crippen LogP contribution >= 0.6 is 23.7 Å². The Morgan fingerprint density at radius 2 is 2.04 bits per heavy atom. The first-order valence-electron chi connectivity index (χ1n) is 8.98. The van der Waals surface area contributed by atoms with Gasteiger partial charge in [-0.3, -0.25) is 14.4 Å². The summed E-state index contributed by atoms with van der Waals surface area (Å²) in [6.07, 6.45) is 2.62. The third-order valence-electron chi connectivity index (χ3n) is 4.07. The Bertz CT molecular complexity index is 924. The summed E-state index contributed by atoms with van der Waals surface area (Å²) in [5, 5.41) is 4.94. The number of fused-ring (bicyclic) bond motifs is 1. The molecule has 0 spiro atoms. The van der Waals surface area contributed by atoms with Crippen molar-refractivity contribution in [2.24, 2.45) is 7.05 Å². The maximum Gasteiger partial charge on any atom is 0.280 e. The lowest BCUT2D eigenvalue weighted by Crippen LogP contribution is -2.33. The number of aryl methyl sites for hydroxylation is 1. The molecule has 3 rings (SSSR count). The van der Waals surface area contributed by atoms with Gasteiger partial charge in [0.2, 0.25) is 0 Å². The standard InChI is InChI=1S/C19H25N5O2S.ClH/c1-5-26-15-8-6-9-16-17(15)20-19(27-16)24(12-7-11-22(2)3)18(25)14-10-13-23(4)21-14;/h6,8-10,13H,5,7,11-12H2,1-4H3;1H. The maximum atomic E-state index is 13.1. The van der Waals surface area contributed by atoms with Crippen LogP contribution in [0.2, 0.25) is 0 Å². The molecular weight excluding hydrogens is 398 g/mol. The minimum atomic E-state index is -0.133. The van der Waals surface area contributed by atoms with E-state index in [4.69, 9.17) is 9.72 Å². The lowest BCUT2D eigenvalue weighted by Gasteiger charge is -2.20. The topological polar surface area (TPSA) is 63.5 Å². The summed E-state index contributed by atoms with van der Waals surface area (Å²) in [5.41, 5.74) is 1.22. The van der Waals surface area contributed by atoms with Crippen LogP contribution in [0.5, 0.6) is 5.75 Å². The zero-order valence-electron chi connectivity index (χ0n) is 16.6. The van der Waals surface area contributed by atoms with E-state index in [0.29, 0.717) is 24.0 Å². The average Bonchev–Trinajstić information content (AvgIpc) is 3.25. The Kier molecular flexibility index (Phi) is 7.79. The number of para-hydroxylation sites is 1. The highest BCUT2D eigenvalue weighted by Crippen LogP contribution is 2.34. The monoisotopic (exact) mass is 423 g/mol. The van der Waals surface area contributed by atoms with Crippen molar-refractivity contribution in [1.82, 2.24) is 19.7 Å². The van der Waals surface area contributed by atoms with Gasteiger partial charge in [0.25, 0.3) is 5.91 Å². The minimum Gasteiger partial charge on any atom is -0.492 e. The molecule has 9 heteroatoms. The normalized spacial score (nSPS) is 10.9. The molecule has 0 saturated heterocycles. The van der Waals surface area contributed by atoms with E-state index in [1.165, 1.54) is 11.3 Å². The largest absolute Gasteiger partial charge is 0.492 e. The summed E-state index contributed by atoms with van der Waals surface area (Å²) in [6.45, 7) is 3.99. The highest BCUT2D eigenvalue weighted by atomic mass is 35.5. The Morgan fingerprint density at radius 3 is 2.68 bits per heavy atom. The van der Waals surface area contributed by atoms with Gasteiger partial charge in [0.1, 0.15) is 11.3 Å². The van der Waals surface area contributed by atoms with Gasteiger partial charge in [-0.05, 0) is 52.2 Å². The van der Waals surface area contributed by atoms with Crippen LogP contribution in [-0.4, -0.2) is 59.4 Å². The number of carbonyl (C=O) groups is 1. The summed E-state index contributed by atoms with van der Waals surface area (Å²) in [6, 6.07) is 7.60. The van der Waals surface area contributed by atoms with Crippen molar-refractivity contribution in [3.05, 3.63) is 36.2 Å². The van der Waals surface area contributed by atoms with Crippen LogP contribution in [0.15, 0.2) is 30.5 Å². The number of amides is 1. The fourth-order valence-electron chi connectivity index (χ4n) is 2.80. The Hall–Kier alpha value is -2.16. The van der Waals surface area contributed by atoms with Crippen LogP contribution in [0.1, 0.15) is 23.8 Å². The van der Waals surface area contributed by atoms with E-state index < -0.39 is 0 Å². The number of rotatable bonds is 8. The molecule has 3 aromatic rings. The lowest BCUT2D eigenvalue weighted by atomic mass is 10.3. The van der Waals surface area contributed by atoms with Crippen LogP contribution in [0.25, 0.3) is 10.2 Å². The van der Waals surface area contributed by atoms with Crippen molar-refractivity contribution in [1.29, 1.82) is 0 Å². The SMILES string of the molecule is CCOc1cccc2sc(N(CCCN(C)C)C(=O)c3ccn(C)n3)nc12.Cl. The number of thiazole rings is 1. The third-order valence-corrected chi connectivity index (χ3v) is 5.11. The Morgan fingerprint density at radius 1 is 1.25 bits per heavy atom. The lowest BCUT2D eigenvalue weighted by molar-refractivity contribution is 0.0980. The molecule has 0 aliphatic heterocycles. The number of halogens is 1. The van der Waals surface area contributed by atoms with E-state index in [0.717, 1.165) is 28.9 Å². The molecule has 2 aromatic heterocycles. The zero-order chi connectivity index (χ0) is 19.4. The van der Waals surface area contributed by atoms with Crippen molar-refractivity contribution in [2.45, 2.75) is 13.3 Å². The van der Waals surface area contributed by atoms with E-state index >= 15 is 0 Å². The number of benzene rings is 1. The van der Waals surface area contributed by atoms with Gasteiger partial charge in [0, 0.05) is 19.8 Å². The average molecular weight is 424 g/mol.